The Kier molecular flexibility index (Phi) is 4.03. The molecule has 0 bridgehead atoms. The van der Waals surface area contributed by atoms with Gasteiger partial charge in [0.1, 0.15) is 5.82 Å². The Morgan fingerprint density at radius 2 is 2.15 bits per heavy atom. The van der Waals surface area contributed by atoms with Crippen LogP contribution in [0.15, 0.2) is 24.3 Å². The van der Waals surface area contributed by atoms with Crippen LogP contribution in [0.1, 0.15) is 38.1 Å². The van der Waals surface area contributed by atoms with Crippen LogP contribution in [0.4, 0.5) is 0 Å². The van der Waals surface area contributed by atoms with Gasteiger partial charge in [-0.15, -0.1) is 0 Å². The molecule has 1 fully saturated rings. The average molecular weight is 272 g/mol. The van der Waals surface area contributed by atoms with E-state index in [4.69, 9.17) is 0 Å². The third-order valence-corrected chi connectivity index (χ3v) is 4.26. The summed E-state index contributed by atoms with van der Waals surface area (Å²) >= 11 is 0. The summed E-state index contributed by atoms with van der Waals surface area (Å²) in [5, 5.41) is 3.74. The molecule has 0 aliphatic carbocycles. The molecule has 2 heterocycles. The van der Waals surface area contributed by atoms with E-state index in [0.717, 1.165) is 16.9 Å². The van der Waals surface area contributed by atoms with Crippen molar-refractivity contribution in [2.24, 2.45) is 0 Å². The second-order valence-electron chi connectivity index (χ2n) is 5.96. The number of aromatic amines is 1. The summed E-state index contributed by atoms with van der Waals surface area (Å²) in [6.07, 6.45) is 3.76. The van der Waals surface area contributed by atoms with E-state index in [-0.39, 0.29) is 6.04 Å². The number of hydrogen-bond acceptors (Lipinski definition) is 3. The van der Waals surface area contributed by atoms with E-state index in [1.165, 1.54) is 32.4 Å². The summed E-state index contributed by atoms with van der Waals surface area (Å²) in [5.41, 5.74) is 2.17. The van der Waals surface area contributed by atoms with Crippen LogP contribution in [0.3, 0.4) is 0 Å². The molecule has 2 atom stereocenters. The molecule has 2 unspecified atom stereocenters. The van der Waals surface area contributed by atoms with Crippen LogP contribution in [-0.2, 0) is 0 Å². The molecule has 1 aromatic carbocycles. The lowest BCUT2D eigenvalue weighted by molar-refractivity contribution is 0.339. The van der Waals surface area contributed by atoms with Crippen LogP contribution < -0.4 is 5.32 Å². The molecule has 108 valence electrons. The second kappa shape index (κ2) is 5.94. The highest BCUT2D eigenvalue weighted by atomic mass is 15.1. The number of nitrogens with one attached hydrogen (secondary N) is 2. The van der Waals surface area contributed by atoms with Crippen molar-refractivity contribution in [1.82, 2.24) is 20.2 Å². The first-order valence-corrected chi connectivity index (χ1v) is 7.61. The molecule has 2 N–H and O–H groups in total. The van der Waals surface area contributed by atoms with Gasteiger partial charge in [-0.3, -0.25) is 0 Å². The summed E-state index contributed by atoms with van der Waals surface area (Å²) in [4.78, 5) is 10.5. The molecule has 4 heteroatoms. The number of aromatic nitrogens is 2. The molecular formula is C16H24N4. The van der Waals surface area contributed by atoms with Gasteiger partial charge in [0, 0.05) is 6.04 Å². The molecule has 1 saturated heterocycles. The normalized spacial score (nSPS) is 22.8. The van der Waals surface area contributed by atoms with Crippen LogP contribution in [0.25, 0.3) is 11.0 Å². The maximum absolute atomic E-state index is 4.69. The van der Waals surface area contributed by atoms with E-state index in [1.807, 2.05) is 12.1 Å². The molecule has 1 aliphatic rings. The highest BCUT2D eigenvalue weighted by Crippen LogP contribution is 2.18. The fraction of sp³-hybridized carbons (Fsp3) is 0.562. The highest BCUT2D eigenvalue weighted by molar-refractivity contribution is 5.74. The molecule has 2 aromatic rings. The topological polar surface area (TPSA) is 44.0 Å². The van der Waals surface area contributed by atoms with Gasteiger partial charge >= 0.3 is 0 Å². The summed E-state index contributed by atoms with van der Waals surface area (Å²) in [6, 6.07) is 9.09. The predicted octanol–water partition coefficient (Wildman–Crippen LogP) is 2.70. The van der Waals surface area contributed by atoms with Crippen molar-refractivity contribution >= 4 is 11.0 Å². The number of benzene rings is 1. The van der Waals surface area contributed by atoms with Crippen molar-refractivity contribution in [3.8, 4) is 0 Å². The highest BCUT2D eigenvalue weighted by Gasteiger charge is 2.18. The number of likely N-dealkylation sites (tertiary alicyclic amines) is 1. The first-order chi connectivity index (χ1) is 9.72. The Morgan fingerprint density at radius 1 is 1.30 bits per heavy atom. The van der Waals surface area contributed by atoms with Gasteiger partial charge in [-0.05, 0) is 58.5 Å². The number of nitrogens with zero attached hydrogens (tertiary/aromatic N) is 2. The zero-order chi connectivity index (χ0) is 13.9. The SMILES string of the molecule is CC(NC1CCCN(C)CC1)c1nc2ccccc2[nH]1. The van der Waals surface area contributed by atoms with Crippen LogP contribution in [-0.4, -0.2) is 41.0 Å². The van der Waals surface area contributed by atoms with Gasteiger partial charge in [-0.25, -0.2) is 4.98 Å². The zero-order valence-electron chi connectivity index (χ0n) is 12.4. The lowest BCUT2D eigenvalue weighted by Gasteiger charge is -2.20. The van der Waals surface area contributed by atoms with E-state index in [2.05, 4.69) is 46.3 Å². The number of para-hydroxylation sites is 2. The first kappa shape index (κ1) is 13.6. The lowest BCUT2D eigenvalue weighted by atomic mass is 10.1. The molecule has 0 amide bonds. The maximum Gasteiger partial charge on any atom is 0.124 e. The van der Waals surface area contributed by atoms with Crippen LogP contribution >= 0.6 is 0 Å². The van der Waals surface area contributed by atoms with E-state index in [0.29, 0.717) is 6.04 Å². The Balaban J connectivity index is 1.67. The molecule has 3 rings (SSSR count). The molecule has 0 spiro atoms. The van der Waals surface area contributed by atoms with Crippen LogP contribution in [0, 0.1) is 0 Å². The van der Waals surface area contributed by atoms with E-state index in [1.54, 1.807) is 0 Å². The Hall–Kier alpha value is -1.39. The van der Waals surface area contributed by atoms with Gasteiger partial charge in [0.15, 0.2) is 0 Å². The summed E-state index contributed by atoms with van der Waals surface area (Å²) in [5.74, 6) is 1.05. The minimum absolute atomic E-state index is 0.274. The van der Waals surface area contributed by atoms with E-state index < -0.39 is 0 Å². The first-order valence-electron chi connectivity index (χ1n) is 7.61. The number of imidazole rings is 1. The quantitative estimate of drug-likeness (QED) is 0.903. The Morgan fingerprint density at radius 3 is 3.00 bits per heavy atom. The Bertz CT molecular complexity index is 529. The average Bonchev–Trinajstić information content (AvgIpc) is 2.78. The minimum atomic E-state index is 0.274. The third-order valence-electron chi connectivity index (χ3n) is 4.26. The van der Waals surface area contributed by atoms with Crippen molar-refractivity contribution in [3.05, 3.63) is 30.1 Å². The van der Waals surface area contributed by atoms with Gasteiger partial charge in [0.2, 0.25) is 0 Å². The van der Waals surface area contributed by atoms with Crippen molar-refractivity contribution < 1.29 is 0 Å². The molecule has 1 aromatic heterocycles. The Labute approximate surface area is 120 Å². The largest absolute Gasteiger partial charge is 0.341 e. The maximum atomic E-state index is 4.69. The van der Waals surface area contributed by atoms with E-state index in [9.17, 15) is 0 Å². The van der Waals surface area contributed by atoms with Crippen molar-refractivity contribution in [3.63, 3.8) is 0 Å². The molecular weight excluding hydrogens is 248 g/mol. The molecule has 20 heavy (non-hydrogen) atoms. The zero-order valence-corrected chi connectivity index (χ0v) is 12.4. The van der Waals surface area contributed by atoms with Crippen LogP contribution in [0.2, 0.25) is 0 Å². The standard InChI is InChI=1S/C16H24N4/c1-12(17-13-6-5-10-20(2)11-9-13)16-18-14-7-3-4-8-15(14)19-16/h3-4,7-8,12-13,17H,5-6,9-11H2,1-2H3,(H,18,19). The second-order valence-corrected chi connectivity index (χ2v) is 5.96. The van der Waals surface area contributed by atoms with Gasteiger partial charge in [-0.1, -0.05) is 12.1 Å². The van der Waals surface area contributed by atoms with Gasteiger partial charge < -0.3 is 15.2 Å². The van der Waals surface area contributed by atoms with Crippen LogP contribution in [0.5, 0.6) is 0 Å². The molecule has 4 nitrogen and oxygen atoms in total. The fourth-order valence-corrected chi connectivity index (χ4v) is 3.02. The summed E-state index contributed by atoms with van der Waals surface area (Å²) in [7, 11) is 2.21. The third kappa shape index (κ3) is 3.02. The monoisotopic (exact) mass is 272 g/mol. The van der Waals surface area contributed by atoms with Crippen molar-refractivity contribution in [2.75, 3.05) is 20.1 Å². The summed E-state index contributed by atoms with van der Waals surface area (Å²) in [6.45, 7) is 4.61. The lowest BCUT2D eigenvalue weighted by Crippen LogP contribution is -2.33. The predicted molar refractivity (Wildman–Crippen MR) is 82.8 cm³/mol. The summed E-state index contributed by atoms with van der Waals surface area (Å²) < 4.78 is 0. The number of H-pyrrole nitrogens is 1. The molecule has 0 saturated carbocycles. The number of rotatable bonds is 3. The molecule has 1 aliphatic heterocycles. The smallest absolute Gasteiger partial charge is 0.124 e. The minimum Gasteiger partial charge on any atom is -0.341 e. The fourth-order valence-electron chi connectivity index (χ4n) is 3.02. The van der Waals surface area contributed by atoms with Gasteiger partial charge in [-0.2, -0.15) is 0 Å². The number of fused-ring (bicyclic) bond motifs is 1. The van der Waals surface area contributed by atoms with Gasteiger partial charge in [0.05, 0.1) is 17.1 Å². The van der Waals surface area contributed by atoms with E-state index >= 15 is 0 Å². The molecule has 0 radical (unpaired) electrons. The number of hydrogen-bond donors (Lipinski definition) is 2. The van der Waals surface area contributed by atoms with Crippen molar-refractivity contribution in [2.45, 2.75) is 38.3 Å². The van der Waals surface area contributed by atoms with Gasteiger partial charge in [0.25, 0.3) is 0 Å². The van der Waals surface area contributed by atoms with Crippen molar-refractivity contribution in [1.29, 1.82) is 0 Å².